The highest BCUT2D eigenvalue weighted by Crippen LogP contribution is 2.39. The fourth-order valence-electron chi connectivity index (χ4n) is 4.14. The highest BCUT2D eigenvalue weighted by molar-refractivity contribution is 4.91. The zero-order valence-electron chi connectivity index (χ0n) is 14.8. The SMILES string of the molecule is CCCNCC1(CN2CCN(C)CC2C)CCC(C)CC1. The Morgan fingerprint density at radius 2 is 1.86 bits per heavy atom. The summed E-state index contributed by atoms with van der Waals surface area (Å²) in [7, 11) is 2.26. The van der Waals surface area contributed by atoms with Gasteiger partial charge >= 0.3 is 0 Å². The van der Waals surface area contributed by atoms with Crippen molar-refractivity contribution in [2.45, 2.75) is 58.9 Å². The first kappa shape index (κ1) is 17.2. The summed E-state index contributed by atoms with van der Waals surface area (Å²) in [6.45, 7) is 14.5. The Bertz CT molecular complexity index is 297. The Labute approximate surface area is 132 Å². The molecule has 3 nitrogen and oxygen atoms in total. The first-order valence-electron chi connectivity index (χ1n) is 9.18. The van der Waals surface area contributed by atoms with Crippen molar-refractivity contribution in [3.63, 3.8) is 0 Å². The van der Waals surface area contributed by atoms with E-state index in [9.17, 15) is 0 Å². The summed E-state index contributed by atoms with van der Waals surface area (Å²) in [5.41, 5.74) is 0.534. The number of nitrogens with one attached hydrogen (secondary N) is 1. The Hall–Kier alpha value is -0.120. The molecule has 1 aliphatic carbocycles. The molecule has 1 N–H and O–H groups in total. The molecular weight excluding hydrogens is 258 g/mol. The van der Waals surface area contributed by atoms with Gasteiger partial charge in [-0.1, -0.05) is 26.7 Å². The van der Waals surface area contributed by atoms with Gasteiger partial charge in [0.25, 0.3) is 0 Å². The van der Waals surface area contributed by atoms with E-state index in [-0.39, 0.29) is 0 Å². The molecule has 124 valence electrons. The van der Waals surface area contributed by atoms with Gasteiger partial charge in [-0.05, 0) is 51.1 Å². The summed E-state index contributed by atoms with van der Waals surface area (Å²) in [4.78, 5) is 5.25. The van der Waals surface area contributed by atoms with Crippen molar-refractivity contribution in [3.05, 3.63) is 0 Å². The van der Waals surface area contributed by atoms with Gasteiger partial charge in [0.1, 0.15) is 0 Å². The first-order valence-corrected chi connectivity index (χ1v) is 9.18. The van der Waals surface area contributed by atoms with E-state index in [1.54, 1.807) is 0 Å². The van der Waals surface area contributed by atoms with Gasteiger partial charge in [0.15, 0.2) is 0 Å². The van der Waals surface area contributed by atoms with Crippen molar-refractivity contribution in [1.82, 2.24) is 15.1 Å². The molecule has 0 aromatic carbocycles. The highest BCUT2D eigenvalue weighted by atomic mass is 15.3. The van der Waals surface area contributed by atoms with Crippen LogP contribution in [0.1, 0.15) is 52.9 Å². The molecule has 21 heavy (non-hydrogen) atoms. The van der Waals surface area contributed by atoms with Crippen LogP contribution in [0.5, 0.6) is 0 Å². The predicted molar refractivity (Wildman–Crippen MR) is 91.8 cm³/mol. The third kappa shape index (κ3) is 4.94. The van der Waals surface area contributed by atoms with Crippen LogP contribution in [0.25, 0.3) is 0 Å². The maximum atomic E-state index is 3.74. The van der Waals surface area contributed by atoms with Crippen LogP contribution in [0, 0.1) is 11.3 Å². The van der Waals surface area contributed by atoms with Crippen LogP contribution < -0.4 is 5.32 Å². The number of rotatable bonds is 6. The van der Waals surface area contributed by atoms with Gasteiger partial charge in [-0.25, -0.2) is 0 Å². The van der Waals surface area contributed by atoms with E-state index in [2.05, 4.69) is 42.9 Å². The maximum absolute atomic E-state index is 3.74. The van der Waals surface area contributed by atoms with Crippen LogP contribution in [-0.2, 0) is 0 Å². The molecule has 0 aromatic rings. The van der Waals surface area contributed by atoms with Gasteiger partial charge in [-0.2, -0.15) is 0 Å². The van der Waals surface area contributed by atoms with E-state index >= 15 is 0 Å². The van der Waals surface area contributed by atoms with Gasteiger partial charge in [0.2, 0.25) is 0 Å². The molecule has 1 aliphatic heterocycles. The van der Waals surface area contributed by atoms with E-state index in [0.717, 1.165) is 5.92 Å². The minimum atomic E-state index is 0.534. The van der Waals surface area contributed by atoms with Crippen molar-refractivity contribution >= 4 is 0 Å². The molecule has 1 saturated carbocycles. The maximum Gasteiger partial charge on any atom is 0.0195 e. The second-order valence-electron chi connectivity index (χ2n) is 7.94. The summed E-state index contributed by atoms with van der Waals surface area (Å²) in [5, 5.41) is 3.74. The molecule has 1 saturated heterocycles. The molecule has 3 heteroatoms. The average Bonchev–Trinajstić information content (AvgIpc) is 2.46. The summed E-state index contributed by atoms with van der Waals surface area (Å²) in [6, 6.07) is 0.714. The normalized spacial score (nSPS) is 36.0. The Morgan fingerprint density at radius 3 is 2.48 bits per heavy atom. The molecule has 0 radical (unpaired) electrons. The lowest BCUT2D eigenvalue weighted by Crippen LogP contribution is -2.55. The van der Waals surface area contributed by atoms with Crippen LogP contribution in [0.15, 0.2) is 0 Å². The van der Waals surface area contributed by atoms with Crippen molar-refractivity contribution < 1.29 is 0 Å². The van der Waals surface area contributed by atoms with Crippen LogP contribution in [0.2, 0.25) is 0 Å². The van der Waals surface area contributed by atoms with Gasteiger partial charge in [-0.3, -0.25) is 4.90 Å². The summed E-state index contributed by atoms with van der Waals surface area (Å²) in [6.07, 6.45) is 6.94. The lowest BCUT2D eigenvalue weighted by atomic mass is 9.70. The lowest BCUT2D eigenvalue weighted by molar-refractivity contribution is 0.0300. The third-order valence-corrected chi connectivity index (χ3v) is 5.77. The summed E-state index contributed by atoms with van der Waals surface area (Å²) >= 11 is 0. The Morgan fingerprint density at radius 1 is 1.14 bits per heavy atom. The zero-order chi connectivity index (χ0) is 15.3. The molecule has 2 aliphatic rings. The molecule has 2 rings (SSSR count). The number of hydrogen-bond donors (Lipinski definition) is 1. The Kier molecular flexibility index (Phi) is 6.51. The quantitative estimate of drug-likeness (QED) is 0.760. The van der Waals surface area contributed by atoms with Crippen molar-refractivity contribution in [3.8, 4) is 0 Å². The van der Waals surface area contributed by atoms with E-state index in [1.165, 1.54) is 71.4 Å². The number of nitrogens with zero attached hydrogens (tertiary/aromatic N) is 2. The molecule has 1 unspecified atom stereocenters. The zero-order valence-corrected chi connectivity index (χ0v) is 14.8. The standard InChI is InChI=1S/C18H37N3/c1-5-10-19-14-18(8-6-16(2)7-9-18)15-21-12-11-20(4)13-17(21)3/h16-17,19H,5-15H2,1-4H3. The summed E-state index contributed by atoms with van der Waals surface area (Å²) in [5.74, 6) is 0.939. The van der Waals surface area contributed by atoms with Crippen molar-refractivity contribution in [2.75, 3.05) is 46.3 Å². The molecule has 0 spiro atoms. The highest BCUT2D eigenvalue weighted by Gasteiger charge is 2.37. The topological polar surface area (TPSA) is 18.5 Å². The number of hydrogen-bond acceptors (Lipinski definition) is 3. The van der Waals surface area contributed by atoms with Crippen LogP contribution in [0.4, 0.5) is 0 Å². The van der Waals surface area contributed by atoms with Crippen molar-refractivity contribution in [2.24, 2.45) is 11.3 Å². The monoisotopic (exact) mass is 295 g/mol. The second kappa shape index (κ2) is 7.94. The molecular formula is C18H37N3. The predicted octanol–water partition coefficient (Wildman–Crippen LogP) is 2.82. The average molecular weight is 296 g/mol. The molecule has 1 atom stereocenters. The Balaban J connectivity index is 1.94. The number of likely N-dealkylation sites (N-methyl/N-ethyl adjacent to an activating group) is 1. The smallest absolute Gasteiger partial charge is 0.0195 e. The first-order chi connectivity index (χ1) is 10.0. The third-order valence-electron chi connectivity index (χ3n) is 5.77. The van der Waals surface area contributed by atoms with E-state index < -0.39 is 0 Å². The summed E-state index contributed by atoms with van der Waals surface area (Å²) < 4.78 is 0. The number of piperazine rings is 1. The fourth-order valence-corrected chi connectivity index (χ4v) is 4.14. The van der Waals surface area contributed by atoms with Crippen molar-refractivity contribution in [1.29, 1.82) is 0 Å². The van der Waals surface area contributed by atoms with E-state index in [0.29, 0.717) is 11.5 Å². The largest absolute Gasteiger partial charge is 0.316 e. The lowest BCUT2D eigenvalue weighted by Gasteiger charge is -2.47. The fraction of sp³-hybridized carbons (Fsp3) is 1.00. The van der Waals surface area contributed by atoms with E-state index in [4.69, 9.17) is 0 Å². The van der Waals surface area contributed by atoms with Crippen LogP contribution in [-0.4, -0.2) is 62.2 Å². The molecule has 1 heterocycles. The minimum Gasteiger partial charge on any atom is -0.316 e. The van der Waals surface area contributed by atoms with Gasteiger partial charge in [0.05, 0.1) is 0 Å². The van der Waals surface area contributed by atoms with Gasteiger partial charge in [-0.15, -0.1) is 0 Å². The van der Waals surface area contributed by atoms with Crippen LogP contribution >= 0.6 is 0 Å². The molecule has 0 amide bonds. The molecule has 0 bridgehead atoms. The molecule has 2 fully saturated rings. The van der Waals surface area contributed by atoms with Gasteiger partial charge < -0.3 is 10.2 Å². The second-order valence-corrected chi connectivity index (χ2v) is 7.94. The minimum absolute atomic E-state index is 0.534. The molecule has 0 aromatic heterocycles. The van der Waals surface area contributed by atoms with Crippen LogP contribution in [0.3, 0.4) is 0 Å². The van der Waals surface area contributed by atoms with E-state index in [1.807, 2.05) is 0 Å². The van der Waals surface area contributed by atoms with Gasteiger partial charge in [0, 0.05) is 38.8 Å².